The van der Waals surface area contributed by atoms with Crippen molar-refractivity contribution in [3.8, 4) is 0 Å². The molecule has 5 rings (SSSR count). The minimum Gasteiger partial charge on any atom is -0.352 e. The maximum absolute atomic E-state index is 15.3. The molecule has 2 N–H and O–H groups in total. The van der Waals surface area contributed by atoms with Gasteiger partial charge in [-0.15, -0.1) is 0 Å². The number of rotatable bonds is 7. The van der Waals surface area contributed by atoms with Gasteiger partial charge in [-0.25, -0.2) is 9.37 Å². The Balaban J connectivity index is 1.70. The predicted molar refractivity (Wildman–Crippen MR) is 158 cm³/mol. The van der Waals surface area contributed by atoms with Crippen molar-refractivity contribution in [2.24, 2.45) is 5.73 Å². The topological polar surface area (TPSA) is 104 Å². The number of alkyl halides is 3. The van der Waals surface area contributed by atoms with E-state index in [-0.39, 0.29) is 71.8 Å². The SMILES string of the molecule is C=CC(=O)N1CCN(c2nc(N3CC(N(CC)CC)C3)nc3c(=O)n(C4=C(F)C(Cl)=CCC4N)c(C(F)(F)F)cc23)CC1. The molecule has 232 valence electrons. The molecule has 4 heterocycles. The second kappa shape index (κ2) is 11.9. The van der Waals surface area contributed by atoms with Gasteiger partial charge in [0.1, 0.15) is 17.0 Å². The number of amides is 1. The fourth-order valence-corrected chi connectivity index (χ4v) is 6.01. The molecule has 0 bridgehead atoms. The average molecular weight is 625 g/mol. The highest BCUT2D eigenvalue weighted by Gasteiger charge is 2.40. The summed E-state index contributed by atoms with van der Waals surface area (Å²) < 4.78 is 59.2. The summed E-state index contributed by atoms with van der Waals surface area (Å²) in [4.78, 5) is 42.7. The Morgan fingerprint density at radius 3 is 2.40 bits per heavy atom. The highest BCUT2D eigenvalue weighted by molar-refractivity contribution is 6.32. The van der Waals surface area contributed by atoms with Crippen LogP contribution >= 0.6 is 11.6 Å². The summed E-state index contributed by atoms with van der Waals surface area (Å²) in [6.07, 6.45) is -2.66. The first-order valence-electron chi connectivity index (χ1n) is 14.1. The van der Waals surface area contributed by atoms with Crippen LogP contribution in [-0.2, 0) is 11.0 Å². The standard InChI is InChI=1S/C28H33ClF4N8O2/c1-4-21(42)38-9-11-39(12-10-38)25-17-13-20(28(31,32)33)41(24-19(34)8-7-18(29)22(24)30)26(43)23(17)35-27(36-25)40-14-16(15-40)37(5-2)6-3/h4,7,13,16,19H,1,5-6,8-12,14-15,34H2,2-3H3. The number of anilines is 2. The zero-order valence-corrected chi connectivity index (χ0v) is 24.6. The summed E-state index contributed by atoms with van der Waals surface area (Å²) in [5.74, 6) is -1.15. The summed E-state index contributed by atoms with van der Waals surface area (Å²) in [5.41, 5.74) is 2.47. The van der Waals surface area contributed by atoms with E-state index in [1.165, 1.54) is 12.2 Å². The third-order valence-electron chi connectivity index (χ3n) is 8.25. The van der Waals surface area contributed by atoms with Crippen LogP contribution < -0.4 is 21.1 Å². The number of allylic oxidation sites excluding steroid dienone is 2. The van der Waals surface area contributed by atoms with Crippen molar-refractivity contribution >= 4 is 45.9 Å². The fourth-order valence-electron chi connectivity index (χ4n) is 5.83. The number of fused-ring (bicyclic) bond motifs is 1. The number of pyridine rings is 1. The van der Waals surface area contributed by atoms with Gasteiger partial charge in [-0.05, 0) is 31.7 Å². The molecule has 1 unspecified atom stereocenters. The lowest BCUT2D eigenvalue weighted by atomic mass is 10.0. The van der Waals surface area contributed by atoms with Gasteiger partial charge in [-0.1, -0.05) is 38.1 Å². The molecule has 2 aliphatic heterocycles. The Morgan fingerprint density at radius 2 is 1.81 bits per heavy atom. The number of halogens is 5. The van der Waals surface area contributed by atoms with Crippen LogP contribution in [0.1, 0.15) is 26.0 Å². The minimum atomic E-state index is -5.06. The molecule has 0 saturated carbocycles. The van der Waals surface area contributed by atoms with E-state index in [1.807, 2.05) is 4.90 Å². The van der Waals surface area contributed by atoms with Gasteiger partial charge in [0.15, 0.2) is 5.83 Å². The smallest absolute Gasteiger partial charge is 0.352 e. The number of likely N-dealkylation sites (N-methyl/N-ethyl adjacent to an activating group) is 1. The lowest BCUT2D eigenvalue weighted by Crippen LogP contribution is -2.60. The number of nitrogens with two attached hydrogens (primary N) is 1. The van der Waals surface area contributed by atoms with Crippen molar-refractivity contribution in [1.82, 2.24) is 24.3 Å². The number of carbonyl (C=O) groups is 1. The maximum Gasteiger partial charge on any atom is 0.431 e. The number of aromatic nitrogens is 3. The average Bonchev–Trinajstić information content (AvgIpc) is 2.96. The summed E-state index contributed by atoms with van der Waals surface area (Å²) in [6.45, 7) is 11.5. The zero-order valence-electron chi connectivity index (χ0n) is 23.9. The molecule has 1 amide bonds. The normalized spacial score (nSPS) is 20.2. The Hall–Kier alpha value is -3.49. The molecule has 2 aromatic heterocycles. The van der Waals surface area contributed by atoms with Crippen molar-refractivity contribution in [2.45, 2.75) is 38.5 Å². The number of hydrogen-bond acceptors (Lipinski definition) is 8. The Kier molecular flexibility index (Phi) is 8.56. The summed E-state index contributed by atoms with van der Waals surface area (Å²) in [6, 6.07) is -0.255. The largest absolute Gasteiger partial charge is 0.431 e. The van der Waals surface area contributed by atoms with E-state index < -0.39 is 40.0 Å². The molecule has 2 saturated heterocycles. The number of hydrogen-bond donors (Lipinski definition) is 1. The summed E-state index contributed by atoms with van der Waals surface area (Å²) in [5, 5.41) is -0.551. The molecule has 1 aliphatic carbocycles. The van der Waals surface area contributed by atoms with Crippen molar-refractivity contribution in [1.29, 1.82) is 0 Å². The molecule has 3 aliphatic rings. The van der Waals surface area contributed by atoms with E-state index in [0.29, 0.717) is 13.1 Å². The zero-order chi connectivity index (χ0) is 31.2. The van der Waals surface area contributed by atoms with Crippen LogP contribution in [0.3, 0.4) is 0 Å². The maximum atomic E-state index is 15.3. The van der Waals surface area contributed by atoms with Crippen molar-refractivity contribution in [3.05, 3.63) is 51.7 Å². The van der Waals surface area contributed by atoms with Gasteiger partial charge in [0, 0.05) is 45.3 Å². The third-order valence-corrected chi connectivity index (χ3v) is 8.57. The lowest BCUT2D eigenvalue weighted by Gasteiger charge is -2.45. The van der Waals surface area contributed by atoms with Gasteiger partial charge >= 0.3 is 6.18 Å². The quantitative estimate of drug-likeness (QED) is 0.370. The van der Waals surface area contributed by atoms with Gasteiger partial charge in [-0.3, -0.25) is 19.1 Å². The van der Waals surface area contributed by atoms with E-state index >= 15 is 4.39 Å². The Labute approximate surface area is 250 Å². The van der Waals surface area contributed by atoms with Crippen LogP contribution in [0, 0.1) is 0 Å². The van der Waals surface area contributed by atoms with Crippen molar-refractivity contribution in [2.75, 3.05) is 62.2 Å². The Morgan fingerprint density at radius 1 is 1.16 bits per heavy atom. The molecular weight excluding hydrogens is 592 g/mol. The molecule has 0 aromatic carbocycles. The van der Waals surface area contributed by atoms with Gasteiger partial charge < -0.3 is 20.4 Å². The van der Waals surface area contributed by atoms with Crippen LogP contribution in [0.2, 0.25) is 0 Å². The van der Waals surface area contributed by atoms with E-state index in [1.54, 1.807) is 9.80 Å². The number of carbonyl (C=O) groups excluding carboxylic acids is 1. The van der Waals surface area contributed by atoms with Gasteiger partial charge in [0.2, 0.25) is 11.9 Å². The predicted octanol–water partition coefficient (Wildman–Crippen LogP) is 3.17. The highest BCUT2D eigenvalue weighted by Crippen LogP contribution is 2.38. The van der Waals surface area contributed by atoms with E-state index in [0.717, 1.165) is 19.2 Å². The summed E-state index contributed by atoms with van der Waals surface area (Å²) in [7, 11) is 0. The lowest BCUT2D eigenvalue weighted by molar-refractivity contribution is -0.142. The monoisotopic (exact) mass is 624 g/mol. The highest BCUT2D eigenvalue weighted by atomic mass is 35.5. The molecule has 2 fully saturated rings. The Bertz CT molecular complexity index is 1550. The van der Waals surface area contributed by atoms with E-state index in [9.17, 15) is 22.8 Å². The first-order valence-corrected chi connectivity index (χ1v) is 14.5. The van der Waals surface area contributed by atoms with E-state index in [4.69, 9.17) is 17.3 Å². The second-order valence-electron chi connectivity index (χ2n) is 10.7. The number of nitrogens with zero attached hydrogens (tertiary/aromatic N) is 7. The molecule has 2 aromatic rings. The molecular formula is C28H33ClF4N8O2. The van der Waals surface area contributed by atoms with Crippen LogP contribution in [-0.4, -0.2) is 94.7 Å². The molecule has 43 heavy (non-hydrogen) atoms. The third kappa shape index (κ3) is 5.63. The van der Waals surface area contributed by atoms with Crippen LogP contribution in [0.25, 0.3) is 16.6 Å². The number of piperazine rings is 1. The van der Waals surface area contributed by atoms with Gasteiger partial charge in [-0.2, -0.15) is 18.2 Å². The van der Waals surface area contributed by atoms with Gasteiger partial charge in [0.05, 0.1) is 22.2 Å². The van der Waals surface area contributed by atoms with Crippen molar-refractivity contribution < 1.29 is 22.4 Å². The van der Waals surface area contributed by atoms with Gasteiger partial charge in [0.25, 0.3) is 5.56 Å². The first kappa shape index (κ1) is 31.0. The van der Waals surface area contributed by atoms with E-state index in [2.05, 4.69) is 35.3 Å². The second-order valence-corrected chi connectivity index (χ2v) is 11.1. The molecule has 15 heteroatoms. The minimum absolute atomic E-state index is 0.0577. The molecule has 0 radical (unpaired) electrons. The van der Waals surface area contributed by atoms with Crippen LogP contribution in [0.4, 0.5) is 29.3 Å². The van der Waals surface area contributed by atoms with Crippen LogP contribution in [0.5, 0.6) is 0 Å². The van der Waals surface area contributed by atoms with Crippen LogP contribution in [0.15, 0.2) is 40.5 Å². The molecule has 10 nitrogen and oxygen atoms in total. The first-order chi connectivity index (χ1) is 20.4. The fraction of sp³-hybridized carbons (Fsp3) is 0.500. The summed E-state index contributed by atoms with van der Waals surface area (Å²) >= 11 is 5.94. The van der Waals surface area contributed by atoms with Crippen molar-refractivity contribution in [3.63, 3.8) is 0 Å². The molecule has 1 atom stereocenters. The molecule has 0 spiro atoms.